The highest BCUT2D eigenvalue weighted by Crippen LogP contribution is 2.58. The lowest BCUT2D eigenvalue weighted by atomic mass is 9.64. The zero-order valence-electron chi connectivity index (χ0n) is 37.2. The molecule has 6 aromatic carbocycles. The minimum Gasteiger partial charge on any atom is -0.337 e. The third kappa shape index (κ3) is 7.18. The van der Waals surface area contributed by atoms with Gasteiger partial charge in [0.1, 0.15) is 0 Å². The van der Waals surface area contributed by atoms with Gasteiger partial charge in [-0.25, -0.2) is 0 Å². The molecule has 0 saturated heterocycles. The van der Waals surface area contributed by atoms with Crippen LogP contribution in [-0.2, 0) is 12.0 Å². The molecule has 308 valence electrons. The first-order valence-corrected chi connectivity index (χ1v) is 22.3. The predicted octanol–water partition coefficient (Wildman–Crippen LogP) is 16.0. The van der Waals surface area contributed by atoms with E-state index in [1.165, 1.54) is 83.7 Å². The van der Waals surface area contributed by atoms with Crippen molar-refractivity contribution in [2.75, 3.05) is 4.90 Å². The zero-order valence-corrected chi connectivity index (χ0v) is 37.2. The van der Waals surface area contributed by atoms with Gasteiger partial charge in [-0.1, -0.05) is 189 Å². The van der Waals surface area contributed by atoms with Crippen LogP contribution in [0.1, 0.15) is 82.8 Å². The van der Waals surface area contributed by atoms with Crippen LogP contribution in [0.5, 0.6) is 0 Å². The van der Waals surface area contributed by atoms with Crippen LogP contribution in [0.2, 0.25) is 0 Å². The van der Waals surface area contributed by atoms with Gasteiger partial charge in [0.15, 0.2) is 0 Å². The molecule has 0 amide bonds. The van der Waals surface area contributed by atoms with E-state index in [0.717, 1.165) is 35.2 Å². The van der Waals surface area contributed by atoms with Crippen LogP contribution in [0.4, 0.5) is 5.69 Å². The molecular weight excluding hydrogens is 759 g/mol. The fourth-order valence-electron chi connectivity index (χ4n) is 10.5. The van der Waals surface area contributed by atoms with Crippen LogP contribution >= 0.6 is 0 Å². The molecule has 0 fully saturated rings. The summed E-state index contributed by atoms with van der Waals surface area (Å²) in [6.45, 7) is 16.9. The Labute approximate surface area is 375 Å². The molecule has 2 aliphatic carbocycles. The lowest BCUT2D eigenvalue weighted by Gasteiger charge is -2.39. The van der Waals surface area contributed by atoms with E-state index in [0.29, 0.717) is 0 Å². The summed E-state index contributed by atoms with van der Waals surface area (Å²) in [7, 11) is 0. The largest absolute Gasteiger partial charge is 0.337 e. The summed E-state index contributed by atoms with van der Waals surface area (Å²) in [5, 5.41) is 0. The van der Waals surface area contributed by atoms with E-state index in [-0.39, 0.29) is 0 Å². The lowest BCUT2D eigenvalue weighted by molar-refractivity contribution is 0.750. The molecule has 1 aliphatic heterocycles. The van der Waals surface area contributed by atoms with Crippen LogP contribution in [0, 0.1) is 13.8 Å². The quantitative estimate of drug-likeness (QED) is 0.124. The highest BCUT2D eigenvalue weighted by atomic mass is 15.1. The van der Waals surface area contributed by atoms with Gasteiger partial charge in [0, 0.05) is 17.9 Å². The number of rotatable bonds is 10. The summed E-state index contributed by atoms with van der Waals surface area (Å²) in [6, 6.07) is 51.5. The fourth-order valence-corrected chi connectivity index (χ4v) is 10.5. The van der Waals surface area contributed by atoms with Crippen molar-refractivity contribution in [1.82, 2.24) is 0 Å². The number of fused-ring (bicyclic) bond motifs is 4. The van der Waals surface area contributed by atoms with Crippen LogP contribution in [0.15, 0.2) is 230 Å². The molecule has 63 heavy (non-hydrogen) atoms. The molecule has 0 atom stereocenters. The van der Waals surface area contributed by atoms with Crippen molar-refractivity contribution < 1.29 is 0 Å². The number of nitrogens with zero attached hydrogens (tertiary/aromatic N) is 1. The Balaban J connectivity index is 1.28. The van der Waals surface area contributed by atoms with E-state index in [1.54, 1.807) is 0 Å². The van der Waals surface area contributed by atoms with Gasteiger partial charge in [-0.15, -0.1) is 0 Å². The van der Waals surface area contributed by atoms with Crippen LogP contribution < -0.4 is 4.90 Å². The Morgan fingerprint density at radius 3 is 1.98 bits per heavy atom. The molecule has 0 N–H and O–H groups in total. The maximum absolute atomic E-state index is 4.86. The second kappa shape index (κ2) is 17.6. The van der Waals surface area contributed by atoms with E-state index in [1.807, 2.05) is 0 Å². The topological polar surface area (TPSA) is 3.24 Å². The van der Waals surface area contributed by atoms with E-state index in [4.69, 9.17) is 6.58 Å². The Bertz CT molecular complexity index is 2940. The molecule has 1 heteroatoms. The molecule has 1 heterocycles. The van der Waals surface area contributed by atoms with Crippen LogP contribution in [0.25, 0.3) is 27.8 Å². The van der Waals surface area contributed by atoms with Gasteiger partial charge >= 0.3 is 0 Å². The second-order valence-electron chi connectivity index (χ2n) is 16.7. The average molecular weight is 814 g/mol. The van der Waals surface area contributed by atoms with Gasteiger partial charge in [0.2, 0.25) is 0 Å². The maximum Gasteiger partial charge on any atom is 0.0719 e. The van der Waals surface area contributed by atoms with Crippen molar-refractivity contribution in [3.05, 3.63) is 285 Å². The summed E-state index contributed by atoms with van der Waals surface area (Å²) < 4.78 is 0. The SMILES string of the molecule is C=C(/C=C(\C(=C/C)C1=CC=CCC=C1)c1ccccc1)c1cccc(C2(c3ccc4c(c3C)C(C)=C(/C=C\C=C\C)N(c3ccccc3)C4)c3ccccc3-c3ccccc32)c1C. The minimum absolute atomic E-state index is 0.590. The van der Waals surface area contributed by atoms with Gasteiger partial charge in [-0.05, 0) is 160 Å². The predicted molar refractivity (Wildman–Crippen MR) is 271 cm³/mol. The molecule has 1 nitrogen and oxygen atoms in total. The van der Waals surface area contributed by atoms with Crippen molar-refractivity contribution in [3.63, 3.8) is 0 Å². The van der Waals surface area contributed by atoms with Crippen molar-refractivity contribution in [2.45, 2.75) is 53.0 Å². The highest BCUT2D eigenvalue weighted by molar-refractivity contribution is 5.94. The van der Waals surface area contributed by atoms with Gasteiger partial charge < -0.3 is 4.90 Å². The maximum atomic E-state index is 4.86. The molecular formula is C62H55N. The number of hydrogen-bond donors (Lipinski definition) is 0. The Hall–Kier alpha value is -7.22. The Morgan fingerprint density at radius 2 is 1.29 bits per heavy atom. The number of anilines is 1. The van der Waals surface area contributed by atoms with E-state index in [9.17, 15) is 0 Å². The first-order chi connectivity index (χ1) is 30.9. The van der Waals surface area contributed by atoms with Gasteiger partial charge in [0.05, 0.1) is 5.41 Å². The molecule has 0 radical (unpaired) electrons. The third-order valence-corrected chi connectivity index (χ3v) is 13.3. The number of para-hydroxylation sites is 1. The number of allylic oxidation sites excluding steroid dienone is 16. The smallest absolute Gasteiger partial charge is 0.0719 e. The van der Waals surface area contributed by atoms with Crippen molar-refractivity contribution in [1.29, 1.82) is 0 Å². The molecule has 0 aromatic heterocycles. The Kier molecular flexibility index (Phi) is 11.5. The second-order valence-corrected chi connectivity index (χ2v) is 16.7. The van der Waals surface area contributed by atoms with Crippen LogP contribution in [-0.4, -0.2) is 0 Å². The lowest BCUT2D eigenvalue weighted by Crippen LogP contribution is -2.32. The number of hydrogen-bond acceptors (Lipinski definition) is 1. The van der Waals surface area contributed by atoms with E-state index in [2.05, 4.69) is 246 Å². The van der Waals surface area contributed by atoms with Crippen molar-refractivity contribution in [2.24, 2.45) is 0 Å². The Morgan fingerprint density at radius 1 is 0.635 bits per heavy atom. The van der Waals surface area contributed by atoms with E-state index >= 15 is 0 Å². The average Bonchev–Trinajstić information content (AvgIpc) is 3.41. The summed E-state index contributed by atoms with van der Waals surface area (Å²) in [5.41, 5.74) is 22.9. The molecule has 0 unspecified atom stereocenters. The normalized spacial score (nSPS) is 15.7. The first-order valence-electron chi connectivity index (χ1n) is 22.3. The van der Waals surface area contributed by atoms with Crippen molar-refractivity contribution in [3.8, 4) is 11.1 Å². The summed E-state index contributed by atoms with van der Waals surface area (Å²) in [6.07, 6.45) is 25.2. The monoisotopic (exact) mass is 813 g/mol. The summed E-state index contributed by atoms with van der Waals surface area (Å²) in [4.78, 5) is 2.46. The minimum atomic E-state index is -0.590. The molecule has 0 spiro atoms. The first kappa shape index (κ1) is 41.1. The molecule has 6 aromatic rings. The van der Waals surface area contributed by atoms with Gasteiger partial charge in [0.25, 0.3) is 0 Å². The standard InChI is InChI=1S/C62H55N/c1-7-9-14-38-60-46(6)61-45(5)57(40-39-49(61)42-63(60)50-30-19-13-20-31-50)62(58-35-23-21-32-53(58)54-33-22-24-36-59(54)62)56-37-25-34-52(44(56)4)43(3)41-55(48-28-17-12-18-29-48)51(8-2)47-26-15-10-11-16-27-47/h7-10,12-41H,3,11,42H2,1-2,4-6H3/b9-7+,38-14-,51-8-,55-41-. The summed E-state index contributed by atoms with van der Waals surface area (Å²) in [5.74, 6) is 0. The van der Waals surface area contributed by atoms with Gasteiger partial charge in [-0.2, -0.15) is 0 Å². The third-order valence-electron chi connectivity index (χ3n) is 13.3. The highest BCUT2D eigenvalue weighted by Gasteiger charge is 2.48. The molecule has 0 saturated carbocycles. The van der Waals surface area contributed by atoms with Gasteiger partial charge in [-0.3, -0.25) is 0 Å². The zero-order chi connectivity index (χ0) is 43.5. The molecule has 9 rings (SSSR count). The molecule has 0 bridgehead atoms. The van der Waals surface area contributed by atoms with E-state index < -0.39 is 5.41 Å². The molecule has 3 aliphatic rings. The number of benzene rings is 6. The van der Waals surface area contributed by atoms with Crippen LogP contribution in [0.3, 0.4) is 0 Å². The van der Waals surface area contributed by atoms with Crippen molar-refractivity contribution >= 4 is 22.4 Å². The fraction of sp³-hybridized carbons (Fsp3) is 0.129. The summed E-state index contributed by atoms with van der Waals surface area (Å²) >= 11 is 0.